The number of rotatable bonds is 2. The average Bonchev–Trinajstić information content (AvgIpc) is 3.00. The van der Waals surface area contributed by atoms with E-state index in [1.165, 1.54) is 0 Å². The Bertz CT molecular complexity index is 987. The van der Waals surface area contributed by atoms with Crippen LogP contribution in [0.4, 0.5) is 10.6 Å². The number of piperazine rings is 1. The Labute approximate surface area is 158 Å². The quantitative estimate of drug-likeness (QED) is 0.759. The van der Waals surface area contributed by atoms with Crippen molar-refractivity contribution in [3.63, 3.8) is 0 Å². The fourth-order valence-electron chi connectivity index (χ4n) is 3.34. The standard InChI is InChI=1S/C20H24N6O/c1-14-21-13-18(25(14)3)15-4-5-16-12-22-19(11-17(16)10-15)23-20(27)26-8-6-24(2)7-9-26/h4-5,10-13H,6-9H2,1-3H3,(H,22,23,27). The Balaban J connectivity index is 1.57. The van der Waals surface area contributed by atoms with Gasteiger partial charge in [0.2, 0.25) is 0 Å². The molecule has 1 saturated heterocycles. The highest BCUT2D eigenvalue weighted by Gasteiger charge is 2.19. The van der Waals surface area contributed by atoms with Crippen LogP contribution in [0.15, 0.2) is 36.7 Å². The number of likely N-dealkylation sites (N-methyl/N-ethyl adjacent to an activating group) is 1. The Hall–Kier alpha value is -2.93. The number of imidazole rings is 1. The third kappa shape index (κ3) is 3.50. The first-order chi connectivity index (χ1) is 13.0. The second-order valence-corrected chi connectivity index (χ2v) is 7.10. The van der Waals surface area contributed by atoms with Crippen LogP contribution in [0.3, 0.4) is 0 Å². The number of carbonyl (C=O) groups is 1. The maximum atomic E-state index is 12.5. The van der Waals surface area contributed by atoms with Crippen molar-refractivity contribution in [3.05, 3.63) is 42.5 Å². The number of anilines is 1. The normalized spacial score (nSPS) is 15.3. The van der Waals surface area contributed by atoms with E-state index in [0.717, 1.165) is 54.0 Å². The van der Waals surface area contributed by atoms with Crippen LogP contribution >= 0.6 is 0 Å². The van der Waals surface area contributed by atoms with Crippen LogP contribution in [-0.4, -0.2) is 63.6 Å². The van der Waals surface area contributed by atoms with Gasteiger partial charge in [-0.3, -0.25) is 5.32 Å². The van der Waals surface area contributed by atoms with Crippen LogP contribution in [-0.2, 0) is 7.05 Å². The SMILES string of the molecule is Cc1ncc(-c2ccc3cnc(NC(=O)N4CCN(C)CC4)cc3c2)n1C. The molecule has 0 saturated carbocycles. The van der Waals surface area contributed by atoms with Crippen molar-refractivity contribution in [3.8, 4) is 11.3 Å². The van der Waals surface area contributed by atoms with Crippen molar-refractivity contribution in [2.45, 2.75) is 6.92 Å². The van der Waals surface area contributed by atoms with Gasteiger partial charge in [-0.05, 0) is 31.5 Å². The molecular weight excluding hydrogens is 340 g/mol. The molecule has 140 valence electrons. The van der Waals surface area contributed by atoms with Crippen molar-refractivity contribution in [2.75, 3.05) is 38.5 Å². The lowest BCUT2D eigenvalue weighted by Gasteiger charge is -2.32. The molecule has 0 unspecified atom stereocenters. The molecule has 1 aromatic carbocycles. The molecule has 1 aliphatic heterocycles. The number of benzene rings is 1. The topological polar surface area (TPSA) is 66.3 Å². The van der Waals surface area contributed by atoms with Crippen molar-refractivity contribution >= 4 is 22.6 Å². The van der Waals surface area contributed by atoms with E-state index in [4.69, 9.17) is 0 Å². The molecule has 4 rings (SSSR count). The minimum atomic E-state index is -0.0895. The van der Waals surface area contributed by atoms with Gasteiger partial charge in [-0.15, -0.1) is 0 Å². The lowest BCUT2D eigenvalue weighted by atomic mass is 10.1. The van der Waals surface area contributed by atoms with Crippen molar-refractivity contribution in [2.24, 2.45) is 7.05 Å². The summed E-state index contributed by atoms with van der Waals surface area (Å²) in [6.45, 7) is 5.25. The summed E-state index contributed by atoms with van der Waals surface area (Å²) in [7, 11) is 4.08. The van der Waals surface area contributed by atoms with E-state index in [1.807, 2.05) is 37.2 Å². The van der Waals surface area contributed by atoms with Crippen molar-refractivity contribution in [1.29, 1.82) is 0 Å². The number of amides is 2. The van der Waals surface area contributed by atoms with Crippen LogP contribution < -0.4 is 5.32 Å². The number of urea groups is 1. The number of hydrogen-bond acceptors (Lipinski definition) is 4. The number of aryl methyl sites for hydroxylation is 1. The molecule has 1 fully saturated rings. The number of nitrogens with zero attached hydrogens (tertiary/aromatic N) is 5. The van der Waals surface area contributed by atoms with E-state index in [0.29, 0.717) is 5.82 Å². The van der Waals surface area contributed by atoms with Crippen LogP contribution in [0.2, 0.25) is 0 Å². The number of aromatic nitrogens is 3. The minimum absolute atomic E-state index is 0.0895. The predicted molar refractivity (Wildman–Crippen MR) is 107 cm³/mol. The molecule has 1 aliphatic rings. The van der Waals surface area contributed by atoms with Crippen LogP contribution in [0.5, 0.6) is 0 Å². The van der Waals surface area contributed by atoms with E-state index in [-0.39, 0.29) is 6.03 Å². The van der Waals surface area contributed by atoms with Crippen LogP contribution in [0.25, 0.3) is 22.0 Å². The van der Waals surface area contributed by atoms with E-state index < -0.39 is 0 Å². The fraction of sp³-hybridized carbons (Fsp3) is 0.350. The Morgan fingerprint density at radius 2 is 1.78 bits per heavy atom. The second-order valence-electron chi connectivity index (χ2n) is 7.10. The largest absolute Gasteiger partial charge is 0.331 e. The number of carbonyl (C=O) groups excluding carboxylic acids is 1. The number of hydrogen-bond donors (Lipinski definition) is 1. The highest BCUT2D eigenvalue weighted by Crippen LogP contribution is 2.25. The number of pyridine rings is 1. The molecule has 3 aromatic rings. The van der Waals surface area contributed by atoms with E-state index in [1.54, 1.807) is 6.20 Å². The van der Waals surface area contributed by atoms with Gasteiger partial charge >= 0.3 is 6.03 Å². The van der Waals surface area contributed by atoms with Gasteiger partial charge in [0.1, 0.15) is 11.6 Å². The lowest BCUT2D eigenvalue weighted by Crippen LogP contribution is -2.48. The molecule has 3 heterocycles. The molecule has 2 amide bonds. The fourth-order valence-corrected chi connectivity index (χ4v) is 3.34. The molecule has 7 nitrogen and oxygen atoms in total. The van der Waals surface area contributed by atoms with Gasteiger partial charge in [-0.25, -0.2) is 14.8 Å². The van der Waals surface area contributed by atoms with Crippen LogP contribution in [0, 0.1) is 6.92 Å². The van der Waals surface area contributed by atoms with Gasteiger partial charge in [0.15, 0.2) is 0 Å². The maximum absolute atomic E-state index is 12.5. The monoisotopic (exact) mass is 364 g/mol. The summed E-state index contributed by atoms with van der Waals surface area (Å²) >= 11 is 0. The number of nitrogens with one attached hydrogen (secondary N) is 1. The van der Waals surface area contributed by atoms with Crippen molar-refractivity contribution in [1.82, 2.24) is 24.3 Å². The molecule has 1 N–H and O–H groups in total. The summed E-state index contributed by atoms with van der Waals surface area (Å²) < 4.78 is 2.07. The highest BCUT2D eigenvalue weighted by atomic mass is 16.2. The third-order valence-corrected chi connectivity index (χ3v) is 5.26. The van der Waals surface area contributed by atoms with Gasteiger partial charge in [0, 0.05) is 50.4 Å². The smallest absolute Gasteiger partial charge is 0.323 e. The van der Waals surface area contributed by atoms with Gasteiger partial charge in [0.05, 0.1) is 11.9 Å². The highest BCUT2D eigenvalue weighted by molar-refractivity contribution is 5.93. The average molecular weight is 364 g/mol. The maximum Gasteiger partial charge on any atom is 0.323 e. The Morgan fingerprint density at radius 1 is 1.00 bits per heavy atom. The molecule has 0 radical (unpaired) electrons. The van der Waals surface area contributed by atoms with Gasteiger partial charge in [-0.1, -0.05) is 12.1 Å². The Morgan fingerprint density at radius 3 is 2.48 bits per heavy atom. The van der Waals surface area contributed by atoms with Gasteiger partial charge in [0.25, 0.3) is 0 Å². The second kappa shape index (κ2) is 7.00. The first kappa shape index (κ1) is 17.5. The molecular formula is C20H24N6O. The summed E-state index contributed by atoms with van der Waals surface area (Å²) in [5.74, 6) is 1.55. The van der Waals surface area contributed by atoms with Crippen molar-refractivity contribution < 1.29 is 4.79 Å². The molecule has 27 heavy (non-hydrogen) atoms. The minimum Gasteiger partial charge on any atom is -0.331 e. The first-order valence-corrected chi connectivity index (χ1v) is 9.14. The summed E-state index contributed by atoms with van der Waals surface area (Å²) in [6, 6.07) is 8.07. The summed E-state index contributed by atoms with van der Waals surface area (Å²) in [6.07, 6.45) is 3.68. The number of fused-ring (bicyclic) bond motifs is 1. The zero-order valence-corrected chi connectivity index (χ0v) is 15.9. The molecule has 7 heteroatoms. The van der Waals surface area contributed by atoms with Gasteiger partial charge < -0.3 is 14.4 Å². The van der Waals surface area contributed by atoms with E-state index >= 15 is 0 Å². The third-order valence-electron chi connectivity index (χ3n) is 5.26. The van der Waals surface area contributed by atoms with Crippen LogP contribution in [0.1, 0.15) is 5.82 Å². The van der Waals surface area contributed by atoms with E-state index in [9.17, 15) is 4.79 Å². The molecule has 0 aliphatic carbocycles. The predicted octanol–water partition coefficient (Wildman–Crippen LogP) is 2.72. The zero-order valence-electron chi connectivity index (χ0n) is 15.9. The summed E-state index contributed by atoms with van der Waals surface area (Å²) in [5.41, 5.74) is 2.15. The lowest BCUT2D eigenvalue weighted by molar-refractivity contribution is 0.164. The van der Waals surface area contributed by atoms with Gasteiger partial charge in [-0.2, -0.15) is 0 Å². The summed E-state index contributed by atoms with van der Waals surface area (Å²) in [4.78, 5) is 25.3. The first-order valence-electron chi connectivity index (χ1n) is 9.14. The summed E-state index contributed by atoms with van der Waals surface area (Å²) in [5, 5.41) is 5.01. The zero-order chi connectivity index (χ0) is 19.0. The Kier molecular flexibility index (Phi) is 4.53. The molecule has 2 aromatic heterocycles. The molecule has 0 atom stereocenters. The molecule has 0 bridgehead atoms. The van der Waals surface area contributed by atoms with E-state index in [2.05, 4.69) is 43.9 Å². The molecule has 0 spiro atoms.